The molecule has 0 aliphatic heterocycles. The first-order valence-electron chi connectivity index (χ1n) is 6.49. The van der Waals surface area contributed by atoms with Crippen LogP contribution in [0.5, 0.6) is 0 Å². The number of nitro benzene ring substituents is 1. The number of hydrogen-bond acceptors (Lipinski definition) is 6. The predicted molar refractivity (Wildman–Crippen MR) is 78.6 cm³/mol. The van der Waals surface area contributed by atoms with Crippen LogP contribution in [0.15, 0.2) is 18.2 Å². The number of nitro groups is 1. The molecule has 1 N–H and O–H groups in total. The van der Waals surface area contributed by atoms with Crippen LogP contribution >= 0.6 is 0 Å². The molecule has 7 heteroatoms. The molecule has 0 aliphatic rings. The Bertz CT molecular complexity index is 523. The van der Waals surface area contributed by atoms with Crippen molar-refractivity contribution >= 4 is 17.3 Å². The van der Waals surface area contributed by atoms with E-state index < -0.39 is 16.5 Å². The number of carbonyl (C=O) groups is 1. The molecule has 0 atom stereocenters. The molecule has 1 aromatic rings. The van der Waals surface area contributed by atoms with E-state index in [0.717, 1.165) is 0 Å². The Labute approximate surface area is 123 Å². The van der Waals surface area contributed by atoms with Gasteiger partial charge < -0.3 is 14.8 Å². The van der Waals surface area contributed by atoms with Crippen molar-refractivity contribution in [3.8, 4) is 0 Å². The number of carbonyl (C=O) groups excluding carboxylic acids is 1. The fraction of sp³-hybridized carbons (Fsp3) is 0.500. The number of nitrogens with one attached hydrogen (secondary N) is 1. The largest absolute Gasteiger partial charge is 0.456 e. The van der Waals surface area contributed by atoms with Crippen molar-refractivity contribution in [2.45, 2.75) is 26.4 Å². The van der Waals surface area contributed by atoms with Gasteiger partial charge in [-0.05, 0) is 32.9 Å². The maximum atomic E-state index is 12.0. The summed E-state index contributed by atoms with van der Waals surface area (Å²) in [4.78, 5) is 22.5. The summed E-state index contributed by atoms with van der Waals surface area (Å²) in [5, 5.41) is 13.9. The van der Waals surface area contributed by atoms with E-state index in [2.05, 4.69) is 5.32 Å². The van der Waals surface area contributed by atoms with Gasteiger partial charge in [0.15, 0.2) is 0 Å². The second-order valence-electron chi connectivity index (χ2n) is 5.41. The van der Waals surface area contributed by atoms with Gasteiger partial charge in [-0.3, -0.25) is 10.1 Å². The highest BCUT2D eigenvalue weighted by Gasteiger charge is 2.21. The monoisotopic (exact) mass is 296 g/mol. The molecular weight excluding hydrogens is 276 g/mol. The fourth-order valence-electron chi connectivity index (χ4n) is 1.59. The number of nitrogens with zero attached hydrogens (tertiary/aromatic N) is 1. The van der Waals surface area contributed by atoms with Gasteiger partial charge in [0.2, 0.25) is 0 Å². The fourth-order valence-corrected chi connectivity index (χ4v) is 1.59. The van der Waals surface area contributed by atoms with Crippen LogP contribution in [0.2, 0.25) is 0 Å². The quantitative estimate of drug-likeness (QED) is 0.375. The van der Waals surface area contributed by atoms with Crippen LogP contribution in [0, 0.1) is 10.1 Å². The van der Waals surface area contributed by atoms with Crippen molar-refractivity contribution in [2.75, 3.05) is 25.6 Å². The van der Waals surface area contributed by atoms with Crippen LogP contribution < -0.4 is 5.32 Å². The number of hydrogen-bond donors (Lipinski definition) is 1. The smallest absolute Gasteiger partial charge is 0.338 e. The number of methoxy groups -OCH3 is 1. The van der Waals surface area contributed by atoms with Gasteiger partial charge in [-0.25, -0.2) is 4.79 Å². The number of ether oxygens (including phenoxy) is 2. The molecule has 0 heterocycles. The second kappa shape index (κ2) is 7.03. The summed E-state index contributed by atoms with van der Waals surface area (Å²) in [6.07, 6.45) is 0. The van der Waals surface area contributed by atoms with E-state index in [1.165, 1.54) is 25.3 Å². The maximum absolute atomic E-state index is 12.0. The lowest BCUT2D eigenvalue weighted by Crippen LogP contribution is -2.24. The number of rotatable bonds is 6. The molecule has 0 amide bonds. The molecule has 0 saturated heterocycles. The van der Waals surface area contributed by atoms with Crippen LogP contribution in [0.4, 0.5) is 11.4 Å². The van der Waals surface area contributed by atoms with Gasteiger partial charge in [0.05, 0.1) is 17.1 Å². The number of benzene rings is 1. The molecule has 21 heavy (non-hydrogen) atoms. The molecule has 1 aromatic carbocycles. The minimum Gasteiger partial charge on any atom is -0.456 e. The summed E-state index contributed by atoms with van der Waals surface area (Å²) in [5.74, 6) is -0.521. The summed E-state index contributed by atoms with van der Waals surface area (Å²) in [6, 6.07) is 4.09. The van der Waals surface area contributed by atoms with E-state index in [1.54, 1.807) is 20.8 Å². The first-order chi connectivity index (χ1) is 9.74. The Kier molecular flexibility index (Phi) is 5.66. The van der Waals surface area contributed by atoms with Gasteiger partial charge in [-0.1, -0.05) is 0 Å². The van der Waals surface area contributed by atoms with Gasteiger partial charge in [0.1, 0.15) is 11.3 Å². The van der Waals surface area contributed by atoms with Crippen LogP contribution in [-0.2, 0) is 9.47 Å². The lowest BCUT2D eigenvalue weighted by molar-refractivity contribution is -0.384. The summed E-state index contributed by atoms with van der Waals surface area (Å²) in [5.41, 5.74) is -0.197. The minimum atomic E-state index is -0.623. The highest BCUT2D eigenvalue weighted by molar-refractivity contribution is 5.91. The van der Waals surface area contributed by atoms with Gasteiger partial charge in [-0.2, -0.15) is 0 Å². The first-order valence-corrected chi connectivity index (χ1v) is 6.49. The van der Waals surface area contributed by atoms with Gasteiger partial charge >= 0.3 is 5.97 Å². The molecule has 0 aromatic heterocycles. The van der Waals surface area contributed by atoms with Crippen molar-refractivity contribution < 1.29 is 19.2 Å². The summed E-state index contributed by atoms with van der Waals surface area (Å²) >= 11 is 0. The zero-order valence-corrected chi connectivity index (χ0v) is 12.6. The van der Waals surface area contributed by atoms with Gasteiger partial charge in [-0.15, -0.1) is 0 Å². The summed E-state index contributed by atoms with van der Waals surface area (Å²) < 4.78 is 10.1. The molecule has 0 fully saturated rings. The third-order valence-corrected chi connectivity index (χ3v) is 2.45. The van der Waals surface area contributed by atoms with Crippen molar-refractivity contribution in [3.63, 3.8) is 0 Å². The van der Waals surface area contributed by atoms with Crippen molar-refractivity contribution in [1.29, 1.82) is 0 Å². The Balaban J connectivity index is 3.00. The summed E-state index contributed by atoms with van der Waals surface area (Å²) in [7, 11) is 1.53. The Morgan fingerprint density at radius 2 is 2.05 bits per heavy atom. The third kappa shape index (κ3) is 5.39. The SMILES string of the molecule is COCCNc1cc(C(=O)OC(C)(C)C)ccc1[N+](=O)[O-]. The third-order valence-electron chi connectivity index (χ3n) is 2.45. The zero-order valence-electron chi connectivity index (χ0n) is 12.6. The van der Waals surface area contributed by atoms with E-state index >= 15 is 0 Å². The molecule has 0 bridgehead atoms. The van der Waals surface area contributed by atoms with Crippen molar-refractivity contribution in [2.24, 2.45) is 0 Å². The topological polar surface area (TPSA) is 90.7 Å². The van der Waals surface area contributed by atoms with Crippen LogP contribution in [0.25, 0.3) is 0 Å². The first kappa shape index (κ1) is 16.9. The lowest BCUT2D eigenvalue weighted by atomic mass is 10.1. The van der Waals surface area contributed by atoms with Gasteiger partial charge in [0, 0.05) is 19.7 Å². The molecule has 0 radical (unpaired) electrons. The molecule has 7 nitrogen and oxygen atoms in total. The second-order valence-corrected chi connectivity index (χ2v) is 5.41. The molecule has 0 spiro atoms. The van der Waals surface area contributed by atoms with Gasteiger partial charge in [0.25, 0.3) is 5.69 Å². The lowest BCUT2D eigenvalue weighted by Gasteiger charge is -2.19. The van der Waals surface area contributed by atoms with Crippen LogP contribution in [-0.4, -0.2) is 36.8 Å². The van der Waals surface area contributed by atoms with Crippen molar-refractivity contribution in [1.82, 2.24) is 0 Å². The standard InChI is InChI=1S/C14H20N2O5/c1-14(2,3)21-13(17)10-5-6-12(16(18)19)11(9-10)15-7-8-20-4/h5-6,9,15H,7-8H2,1-4H3. The molecular formula is C14H20N2O5. The van der Waals surface area contributed by atoms with E-state index in [4.69, 9.17) is 9.47 Å². The van der Waals surface area contributed by atoms with E-state index in [0.29, 0.717) is 13.2 Å². The number of esters is 1. The van der Waals surface area contributed by atoms with E-state index in [9.17, 15) is 14.9 Å². The van der Waals surface area contributed by atoms with E-state index in [-0.39, 0.29) is 16.9 Å². The van der Waals surface area contributed by atoms with E-state index in [1.807, 2.05) is 0 Å². The predicted octanol–water partition coefficient (Wildman–Crippen LogP) is 2.61. The Hall–Kier alpha value is -2.15. The molecule has 0 unspecified atom stereocenters. The van der Waals surface area contributed by atoms with Crippen LogP contribution in [0.3, 0.4) is 0 Å². The highest BCUT2D eigenvalue weighted by Crippen LogP contribution is 2.26. The Morgan fingerprint density at radius 3 is 2.57 bits per heavy atom. The van der Waals surface area contributed by atoms with Crippen LogP contribution in [0.1, 0.15) is 31.1 Å². The molecule has 1 rings (SSSR count). The normalized spacial score (nSPS) is 11.0. The number of anilines is 1. The highest BCUT2D eigenvalue weighted by atomic mass is 16.6. The molecule has 0 aliphatic carbocycles. The summed E-state index contributed by atoms with van der Waals surface area (Å²) in [6.45, 7) is 6.07. The Morgan fingerprint density at radius 1 is 1.38 bits per heavy atom. The minimum absolute atomic E-state index is 0.0987. The molecule has 0 saturated carbocycles. The molecule has 116 valence electrons. The zero-order chi connectivity index (χ0) is 16.0. The average molecular weight is 296 g/mol. The average Bonchev–Trinajstić information content (AvgIpc) is 2.36. The van der Waals surface area contributed by atoms with Crippen molar-refractivity contribution in [3.05, 3.63) is 33.9 Å². The maximum Gasteiger partial charge on any atom is 0.338 e.